The van der Waals surface area contributed by atoms with Gasteiger partial charge in [0, 0.05) is 10.7 Å². The predicted molar refractivity (Wildman–Crippen MR) is 97.3 cm³/mol. The molecule has 6 heteroatoms. The van der Waals surface area contributed by atoms with Gasteiger partial charge in [0.25, 0.3) is 5.91 Å². The number of hydrogen-bond donors (Lipinski definition) is 1. The fourth-order valence-electron chi connectivity index (χ4n) is 2.21. The van der Waals surface area contributed by atoms with Crippen molar-refractivity contribution in [3.63, 3.8) is 0 Å². The summed E-state index contributed by atoms with van der Waals surface area (Å²) < 4.78 is 10.6. The summed E-state index contributed by atoms with van der Waals surface area (Å²) in [7, 11) is 0. The molecule has 0 aromatic heterocycles. The van der Waals surface area contributed by atoms with E-state index in [0.29, 0.717) is 34.2 Å². The van der Waals surface area contributed by atoms with E-state index >= 15 is 0 Å². The number of nitrogens with one attached hydrogen (secondary N) is 1. The van der Waals surface area contributed by atoms with Crippen LogP contribution < -0.4 is 10.1 Å². The molecule has 0 bridgehead atoms. The highest BCUT2D eigenvalue weighted by Gasteiger charge is 2.18. The van der Waals surface area contributed by atoms with Crippen molar-refractivity contribution in [2.45, 2.75) is 26.9 Å². The Balaban J connectivity index is 2.08. The Labute approximate surface area is 151 Å². The smallest absolute Gasteiger partial charge is 0.338 e. The van der Waals surface area contributed by atoms with Crippen LogP contribution in [0.25, 0.3) is 0 Å². The molecule has 0 fully saturated rings. The van der Waals surface area contributed by atoms with Crippen molar-refractivity contribution in [1.29, 1.82) is 0 Å². The maximum atomic E-state index is 12.4. The third-order valence-electron chi connectivity index (χ3n) is 3.58. The molecule has 0 aliphatic heterocycles. The van der Waals surface area contributed by atoms with E-state index in [0.717, 1.165) is 0 Å². The van der Waals surface area contributed by atoms with E-state index in [9.17, 15) is 9.59 Å². The first-order chi connectivity index (χ1) is 11.9. The highest BCUT2D eigenvalue weighted by molar-refractivity contribution is 6.30. The third kappa shape index (κ3) is 4.97. The van der Waals surface area contributed by atoms with Crippen molar-refractivity contribution in [2.75, 3.05) is 11.9 Å². The average Bonchev–Trinajstić information content (AvgIpc) is 2.58. The summed E-state index contributed by atoms with van der Waals surface area (Å²) in [5, 5.41) is 3.37. The Bertz CT molecular complexity index is 759. The normalized spacial score (nSPS) is 11.5. The van der Waals surface area contributed by atoms with Gasteiger partial charge in [-0.05, 0) is 62.7 Å². The van der Waals surface area contributed by atoms with Crippen LogP contribution in [0.2, 0.25) is 5.02 Å². The number of esters is 1. The number of carbonyl (C=O) groups excluding carboxylic acids is 2. The van der Waals surface area contributed by atoms with Crippen LogP contribution in [0.3, 0.4) is 0 Å². The molecule has 25 heavy (non-hydrogen) atoms. The monoisotopic (exact) mass is 361 g/mol. The van der Waals surface area contributed by atoms with Gasteiger partial charge in [-0.2, -0.15) is 0 Å². The van der Waals surface area contributed by atoms with Gasteiger partial charge >= 0.3 is 5.97 Å². The van der Waals surface area contributed by atoms with E-state index < -0.39 is 12.1 Å². The largest absolute Gasteiger partial charge is 0.481 e. The van der Waals surface area contributed by atoms with Gasteiger partial charge in [-0.1, -0.05) is 17.7 Å². The van der Waals surface area contributed by atoms with Crippen molar-refractivity contribution in [2.24, 2.45) is 0 Å². The molecule has 1 amide bonds. The van der Waals surface area contributed by atoms with Gasteiger partial charge in [0.2, 0.25) is 0 Å². The summed E-state index contributed by atoms with van der Waals surface area (Å²) in [6.07, 6.45) is -0.716. The van der Waals surface area contributed by atoms with E-state index in [-0.39, 0.29) is 5.91 Å². The average molecular weight is 362 g/mol. The molecule has 5 nitrogen and oxygen atoms in total. The molecule has 0 spiro atoms. The van der Waals surface area contributed by atoms with Crippen LogP contribution >= 0.6 is 11.6 Å². The lowest BCUT2D eigenvalue weighted by Gasteiger charge is -2.16. The summed E-state index contributed by atoms with van der Waals surface area (Å²) in [5.74, 6) is -0.190. The van der Waals surface area contributed by atoms with Crippen LogP contribution in [-0.4, -0.2) is 24.6 Å². The quantitative estimate of drug-likeness (QED) is 0.782. The molecule has 2 aromatic rings. The van der Waals surface area contributed by atoms with Gasteiger partial charge in [0.1, 0.15) is 5.75 Å². The minimum absolute atomic E-state index is 0.292. The molecule has 2 aromatic carbocycles. The van der Waals surface area contributed by atoms with Crippen molar-refractivity contribution < 1.29 is 19.1 Å². The maximum absolute atomic E-state index is 12.4. The summed E-state index contributed by atoms with van der Waals surface area (Å²) in [5.41, 5.74) is 1.61. The zero-order valence-corrected chi connectivity index (χ0v) is 15.1. The van der Waals surface area contributed by atoms with Crippen LogP contribution in [-0.2, 0) is 9.53 Å². The van der Waals surface area contributed by atoms with Gasteiger partial charge in [-0.3, -0.25) is 4.79 Å². The number of ether oxygens (including phenoxy) is 2. The van der Waals surface area contributed by atoms with Crippen LogP contribution in [0.1, 0.15) is 29.8 Å². The minimum Gasteiger partial charge on any atom is -0.481 e. The van der Waals surface area contributed by atoms with Gasteiger partial charge in [0.15, 0.2) is 6.10 Å². The van der Waals surface area contributed by atoms with Crippen LogP contribution in [0.4, 0.5) is 5.69 Å². The molecule has 0 aliphatic rings. The molecule has 1 N–H and O–H groups in total. The van der Waals surface area contributed by atoms with Crippen molar-refractivity contribution in [3.8, 4) is 5.75 Å². The van der Waals surface area contributed by atoms with Crippen LogP contribution in [0.5, 0.6) is 5.75 Å². The molecule has 0 saturated carbocycles. The van der Waals surface area contributed by atoms with Gasteiger partial charge < -0.3 is 14.8 Å². The zero-order valence-electron chi connectivity index (χ0n) is 14.3. The van der Waals surface area contributed by atoms with Gasteiger partial charge in [-0.25, -0.2) is 4.79 Å². The number of amides is 1. The fourth-order valence-corrected chi connectivity index (χ4v) is 2.33. The topological polar surface area (TPSA) is 64.6 Å². The Morgan fingerprint density at radius 1 is 1.16 bits per heavy atom. The fraction of sp³-hybridized carbons (Fsp3) is 0.263. The molecule has 0 unspecified atom stereocenters. The molecular weight excluding hydrogens is 342 g/mol. The standard InChI is InChI=1S/C19H20ClNO4/c1-4-24-19(23)16-6-5-7-17(12(16)2)21-18(22)13(3)25-15-10-8-14(20)9-11-15/h5-11,13H,4H2,1-3H3,(H,21,22)/t13-/m0/s1. The highest BCUT2D eigenvalue weighted by Crippen LogP contribution is 2.21. The first-order valence-electron chi connectivity index (χ1n) is 7.92. The zero-order chi connectivity index (χ0) is 18.4. The summed E-state index contributed by atoms with van der Waals surface area (Å²) in [6.45, 7) is 5.44. The van der Waals surface area contributed by atoms with Gasteiger partial charge in [0.05, 0.1) is 12.2 Å². The number of halogens is 1. The van der Waals surface area contributed by atoms with Crippen molar-refractivity contribution >= 4 is 29.2 Å². The van der Waals surface area contributed by atoms with Gasteiger partial charge in [-0.15, -0.1) is 0 Å². The van der Waals surface area contributed by atoms with Crippen molar-refractivity contribution in [3.05, 3.63) is 58.6 Å². The molecule has 0 aliphatic carbocycles. The molecule has 0 saturated heterocycles. The second-order valence-electron chi connectivity index (χ2n) is 5.40. The lowest BCUT2D eigenvalue weighted by Crippen LogP contribution is -2.30. The first-order valence-corrected chi connectivity index (χ1v) is 8.30. The summed E-state index contributed by atoms with van der Waals surface area (Å²) in [6, 6.07) is 11.8. The van der Waals surface area contributed by atoms with Crippen molar-refractivity contribution in [1.82, 2.24) is 0 Å². The van der Waals surface area contributed by atoms with E-state index in [1.54, 1.807) is 63.2 Å². The van der Waals surface area contributed by atoms with Crippen LogP contribution in [0.15, 0.2) is 42.5 Å². The molecular formula is C19H20ClNO4. The lowest BCUT2D eigenvalue weighted by atomic mass is 10.1. The lowest BCUT2D eigenvalue weighted by molar-refractivity contribution is -0.122. The minimum atomic E-state index is -0.716. The Hall–Kier alpha value is -2.53. The highest BCUT2D eigenvalue weighted by atomic mass is 35.5. The Morgan fingerprint density at radius 3 is 2.48 bits per heavy atom. The summed E-state index contributed by atoms with van der Waals surface area (Å²) >= 11 is 5.83. The molecule has 0 radical (unpaired) electrons. The molecule has 2 rings (SSSR count). The summed E-state index contributed by atoms with van der Waals surface area (Å²) in [4.78, 5) is 24.3. The van der Waals surface area contributed by atoms with Crippen LogP contribution in [0, 0.1) is 6.92 Å². The first kappa shape index (κ1) is 18.8. The number of hydrogen-bond acceptors (Lipinski definition) is 4. The molecule has 132 valence electrons. The van der Waals surface area contributed by atoms with E-state index in [1.807, 2.05) is 0 Å². The second kappa shape index (κ2) is 8.53. The second-order valence-corrected chi connectivity index (χ2v) is 5.84. The molecule has 1 atom stereocenters. The van der Waals surface area contributed by atoms with E-state index in [1.165, 1.54) is 0 Å². The maximum Gasteiger partial charge on any atom is 0.338 e. The van der Waals surface area contributed by atoms with E-state index in [2.05, 4.69) is 5.32 Å². The SMILES string of the molecule is CCOC(=O)c1cccc(NC(=O)[C@H](C)Oc2ccc(Cl)cc2)c1C. The number of anilines is 1. The third-order valence-corrected chi connectivity index (χ3v) is 3.83. The van der Waals surface area contributed by atoms with E-state index in [4.69, 9.17) is 21.1 Å². The molecule has 0 heterocycles. The Kier molecular flexibility index (Phi) is 6.42. The number of carbonyl (C=O) groups is 2. The Morgan fingerprint density at radius 2 is 1.84 bits per heavy atom. The number of rotatable bonds is 6. The number of benzene rings is 2. The predicted octanol–water partition coefficient (Wildman–Crippen LogP) is 4.23.